The maximum Gasteiger partial charge on any atom is 0.354 e. The molecule has 1 spiro atoms. The number of carbonyl (C=O) groups is 1. The first-order valence-electron chi connectivity index (χ1n) is 7.28. The van der Waals surface area contributed by atoms with Crippen LogP contribution >= 0.6 is 0 Å². The summed E-state index contributed by atoms with van der Waals surface area (Å²) < 4.78 is 6.05. The van der Waals surface area contributed by atoms with E-state index < -0.39 is 5.97 Å². The van der Waals surface area contributed by atoms with Crippen LogP contribution in [0, 0.1) is 0 Å². The number of rotatable bonds is 2. The van der Waals surface area contributed by atoms with Gasteiger partial charge in [-0.3, -0.25) is 0 Å². The van der Waals surface area contributed by atoms with Crippen molar-refractivity contribution in [3.8, 4) is 0 Å². The Bertz CT molecular complexity index is 492. The zero-order valence-corrected chi connectivity index (χ0v) is 11.5. The van der Waals surface area contributed by atoms with Gasteiger partial charge in [-0.15, -0.1) is 0 Å². The van der Waals surface area contributed by atoms with Crippen LogP contribution in [0.5, 0.6) is 0 Å². The number of hydrogen-bond donors (Lipinski definition) is 1. The Morgan fingerprint density at radius 3 is 2.85 bits per heavy atom. The largest absolute Gasteiger partial charge is 0.477 e. The zero-order chi connectivity index (χ0) is 14.0. The van der Waals surface area contributed by atoms with Crippen molar-refractivity contribution < 1.29 is 14.6 Å². The summed E-state index contributed by atoms with van der Waals surface area (Å²) in [4.78, 5) is 17.4. The molecule has 1 aliphatic carbocycles. The number of aromatic nitrogens is 1. The molecule has 2 aliphatic rings. The van der Waals surface area contributed by atoms with Gasteiger partial charge in [0.15, 0.2) is 5.69 Å². The molecular weight excluding hydrogens is 256 g/mol. The maximum atomic E-state index is 11.0. The van der Waals surface area contributed by atoms with Gasteiger partial charge >= 0.3 is 5.97 Å². The lowest BCUT2D eigenvalue weighted by Gasteiger charge is -2.45. The monoisotopic (exact) mass is 276 g/mol. The molecule has 0 bridgehead atoms. The van der Waals surface area contributed by atoms with E-state index in [1.165, 1.54) is 25.3 Å². The fraction of sp³-hybridized carbons (Fsp3) is 0.600. The third-order valence-electron chi connectivity index (χ3n) is 4.29. The zero-order valence-electron chi connectivity index (χ0n) is 11.5. The van der Waals surface area contributed by atoms with Gasteiger partial charge in [-0.1, -0.05) is 25.3 Å². The molecule has 1 N–H and O–H groups in total. The highest BCUT2D eigenvalue weighted by Gasteiger charge is 2.38. The molecule has 3 rings (SSSR count). The normalized spacial score (nSPS) is 21.9. The molecule has 1 aromatic heterocycles. The molecule has 0 unspecified atom stereocenters. The molecule has 5 heteroatoms. The lowest BCUT2D eigenvalue weighted by atomic mass is 9.83. The second-order valence-electron chi connectivity index (χ2n) is 5.70. The number of nitrogens with zero attached hydrogens (tertiary/aromatic N) is 2. The summed E-state index contributed by atoms with van der Waals surface area (Å²) in [6.45, 7) is 2.29. The molecule has 0 atom stereocenters. The summed E-state index contributed by atoms with van der Waals surface area (Å²) >= 11 is 0. The van der Waals surface area contributed by atoms with Crippen molar-refractivity contribution in [2.24, 2.45) is 0 Å². The van der Waals surface area contributed by atoms with Crippen molar-refractivity contribution in [2.45, 2.75) is 37.7 Å². The molecular formula is C15H20N2O3. The van der Waals surface area contributed by atoms with E-state index in [4.69, 9.17) is 9.84 Å². The molecule has 5 nitrogen and oxygen atoms in total. The van der Waals surface area contributed by atoms with E-state index in [-0.39, 0.29) is 11.3 Å². The summed E-state index contributed by atoms with van der Waals surface area (Å²) in [5, 5.41) is 9.04. The van der Waals surface area contributed by atoms with E-state index in [0.29, 0.717) is 6.61 Å². The van der Waals surface area contributed by atoms with Gasteiger partial charge in [0.2, 0.25) is 0 Å². The third-order valence-corrected chi connectivity index (χ3v) is 4.29. The smallest absolute Gasteiger partial charge is 0.354 e. The summed E-state index contributed by atoms with van der Waals surface area (Å²) in [6.07, 6.45) is 5.93. The Kier molecular flexibility index (Phi) is 3.61. The highest BCUT2D eigenvalue weighted by molar-refractivity contribution is 5.85. The Morgan fingerprint density at radius 2 is 2.10 bits per heavy atom. The minimum atomic E-state index is -0.979. The number of ether oxygens (including phenoxy) is 1. The van der Waals surface area contributed by atoms with E-state index in [2.05, 4.69) is 9.88 Å². The van der Waals surface area contributed by atoms with Crippen molar-refractivity contribution in [3.63, 3.8) is 0 Å². The predicted molar refractivity (Wildman–Crippen MR) is 75.2 cm³/mol. The molecule has 1 saturated carbocycles. The average Bonchev–Trinajstić information content (AvgIpc) is 2.48. The van der Waals surface area contributed by atoms with E-state index in [0.717, 1.165) is 31.7 Å². The first-order valence-corrected chi connectivity index (χ1v) is 7.28. The van der Waals surface area contributed by atoms with Crippen molar-refractivity contribution in [3.05, 3.63) is 23.9 Å². The van der Waals surface area contributed by atoms with E-state index in [1.807, 2.05) is 6.07 Å². The van der Waals surface area contributed by atoms with Crippen LogP contribution in [-0.2, 0) is 4.74 Å². The molecule has 1 aromatic rings. The minimum Gasteiger partial charge on any atom is -0.477 e. The number of carboxylic acids is 1. The van der Waals surface area contributed by atoms with E-state index >= 15 is 0 Å². The van der Waals surface area contributed by atoms with Crippen molar-refractivity contribution in [1.82, 2.24) is 4.98 Å². The Hall–Kier alpha value is -1.62. The van der Waals surface area contributed by atoms with Crippen molar-refractivity contribution in [1.29, 1.82) is 0 Å². The number of hydrogen-bond acceptors (Lipinski definition) is 4. The molecule has 0 amide bonds. The molecule has 2 fully saturated rings. The number of morpholine rings is 1. The van der Waals surface area contributed by atoms with Gasteiger partial charge in [0.05, 0.1) is 12.2 Å². The number of carboxylic acid groups (broad SMARTS) is 1. The number of pyridine rings is 1. The van der Waals surface area contributed by atoms with Crippen molar-refractivity contribution >= 4 is 11.8 Å². The molecule has 2 heterocycles. The Labute approximate surface area is 118 Å². The fourth-order valence-electron chi connectivity index (χ4n) is 3.26. The number of aromatic carboxylic acids is 1. The average molecular weight is 276 g/mol. The van der Waals surface area contributed by atoms with Crippen LogP contribution in [-0.4, -0.2) is 41.4 Å². The van der Waals surface area contributed by atoms with Crippen molar-refractivity contribution in [2.75, 3.05) is 24.6 Å². The predicted octanol–water partition coefficient (Wildman–Crippen LogP) is 2.32. The topological polar surface area (TPSA) is 62.7 Å². The minimum absolute atomic E-state index is 0.0442. The van der Waals surface area contributed by atoms with Gasteiger partial charge in [0, 0.05) is 13.1 Å². The first-order chi connectivity index (χ1) is 9.69. The lowest BCUT2D eigenvalue weighted by Crippen LogP contribution is -2.53. The summed E-state index contributed by atoms with van der Waals surface area (Å²) in [7, 11) is 0. The Morgan fingerprint density at radius 1 is 1.30 bits per heavy atom. The van der Waals surface area contributed by atoms with Gasteiger partial charge in [-0.2, -0.15) is 0 Å². The summed E-state index contributed by atoms with van der Waals surface area (Å²) in [6, 6.07) is 5.17. The number of anilines is 1. The van der Waals surface area contributed by atoms with Gasteiger partial charge in [-0.05, 0) is 25.0 Å². The SMILES string of the molecule is O=C(O)c1cccc(N2CCOC3(CCCCC3)C2)n1. The standard InChI is InChI=1S/C15H20N2O3/c18-14(19)12-5-4-6-13(16-12)17-9-10-20-15(11-17)7-2-1-3-8-15/h4-6H,1-3,7-11H2,(H,18,19). The molecule has 1 saturated heterocycles. The van der Waals surface area contributed by atoms with Crippen LogP contribution in [0.4, 0.5) is 5.82 Å². The summed E-state index contributed by atoms with van der Waals surface area (Å²) in [5.74, 6) is -0.231. The van der Waals surface area contributed by atoms with Crippen LogP contribution in [0.25, 0.3) is 0 Å². The molecule has 0 aromatic carbocycles. The van der Waals surface area contributed by atoms with Crippen LogP contribution in [0.3, 0.4) is 0 Å². The second kappa shape index (κ2) is 5.40. The van der Waals surface area contributed by atoms with E-state index in [9.17, 15) is 4.79 Å². The van der Waals surface area contributed by atoms with Gasteiger partial charge in [0.25, 0.3) is 0 Å². The maximum absolute atomic E-state index is 11.0. The summed E-state index contributed by atoms with van der Waals surface area (Å²) in [5.41, 5.74) is 0.0592. The van der Waals surface area contributed by atoms with Gasteiger partial charge in [-0.25, -0.2) is 9.78 Å². The Balaban J connectivity index is 1.79. The highest BCUT2D eigenvalue weighted by Crippen LogP contribution is 2.35. The lowest BCUT2D eigenvalue weighted by molar-refractivity contribution is -0.0783. The molecule has 20 heavy (non-hydrogen) atoms. The van der Waals surface area contributed by atoms with E-state index in [1.54, 1.807) is 6.07 Å². The van der Waals surface area contributed by atoms with Crippen LogP contribution < -0.4 is 4.90 Å². The van der Waals surface area contributed by atoms with Crippen LogP contribution in [0.2, 0.25) is 0 Å². The molecule has 0 radical (unpaired) electrons. The van der Waals surface area contributed by atoms with Gasteiger partial charge in [0.1, 0.15) is 5.82 Å². The second-order valence-corrected chi connectivity index (χ2v) is 5.70. The quantitative estimate of drug-likeness (QED) is 0.898. The highest BCUT2D eigenvalue weighted by atomic mass is 16.5. The van der Waals surface area contributed by atoms with Gasteiger partial charge < -0.3 is 14.7 Å². The van der Waals surface area contributed by atoms with Crippen LogP contribution in [0.15, 0.2) is 18.2 Å². The molecule has 108 valence electrons. The fourth-order valence-corrected chi connectivity index (χ4v) is 3.26. The van der Waals surface area contributed by atoms with Crippen LogP contribution in [0.1, 0.15) is 42.6 Å². The first kappa shape index (κ1) is 13.4. The third kappa shape index (κ3) is 2.63. The molecule has 1 aliphatic heterocycles.